The molecular formula is C6H10O4S. The van der Waals surface area contributed by atoms with Gasteiger partial charge in [-0.05, 0) is 0 Å². The standard InChI is InChI=1S/C6H10O4S/c1-5(7)9-3-11-4-10-6(2)8/h3-4H2,1-2H3. The van der Waals surface area contributed by atoms with Gasteiger partial charge in [0.1, 0.15) is 11.9 Å². The average molecular weight is 178 g/mol. The number of hydrogen-bond acceptors (Lipinski definition) is 5. The van der Waals surface area contributed by atoms with Crippen molar-refractivity contribution in [2.75, 3.05) is 11.9 Å². The van der Waals surface area contributed by atoms with Gasteiger partial charge in [0.05, 0.1) is 0 Å². The SMILES string of the molecule is CC(=O)OCSCOC(C)=O. The first-order valence-electron chi connectivity index (χ1n) is 2.97. The van der Waals surface area contributed by atoms with Crippen molar-refractivity contribution in [2.45, 2.75) is 13.8 Å². The van der Waals surface area contributed by atoms with Crippen molar-refractivity contribution in [3.8, 4) is 0 Å². The molecule has 0 unspecified atom stereocenters. The summed E-state index contributed by atoms with van der Waals surface area (Å²) in [6, 6.07) is 0. The second-order valence-corrected chi connectivity index (χ2v) is 2.59. The normalized spacial score (nSPS) is 8.91. The van der Waals surface area contributed by atoms with Crippen molar-refractivity contribution in [2.24, 2.45) is 0 Å². The van der Waals surface area contributed by atoms with Gasteiger partial charge in [0.25, 0.3) is 0 Å². The summed E-state index contributed by atoms with van der Waals surface area (Å²) in [5.74, 6) is -0.216. The van der Waals surface area contributed by atoms with Crippen LogP contribution in [0.5, 0.6) is 0 Å². The molecule has 5 heteroatoms. The van der Waals surface area contributed by atoms with Crippen LogP contribution < -0.4 is 0 Å². The highest BCUT2D eigenvalue weighted by Crippen LogP contribution is 2.00. The number of rotatable bonds is 4. The van der Waals surface area contributed by atoms with E-state index in [1.54, 1.807) is 0 Å². The predicted molar refractivity (Wildman–Crippen MR) is 40.9 cm³/mol. The molecule has 0 radical (unpaired) electrons. The number of hydrogen-bond donors (Lipinski definition) is 0. The largest absolute Gasteiger partial charge is 0.455 e. The van der Waals surface area contributed by atoms with E-state index < -0.39 is 0 Å². The molecule has 0 saturated carbocycles. The molecule has 0 N–H and O–H groups in total. The van der Waals surface area contributed by atoms with Crippen molar-refractivity contribution in [1.29, 1.82) is 0 Å². The molecule has 0 aliphatic rings. The summed E-state index contributed by atoms with van der Waals surface area (Å²) in [4.78, 5) is 20.4. The second kappa shape index (κ2) is 6.03. The monoisotopic (exact) mass is 178 g/mol. The molecule has 0 amide bonds. The maximum atomic E-state index is 10.2. The van der Waals surface area contributed by atoms with E-state index in [0.29, 0.717) is 0 Å². The Morgan fingerprint density at radius 1 is 1.09 bits per heavy atom. The van der Waals surface area contributed by atoms with E-state index in [2.05, 4.69) is 9.47 Å². The van der Waals surface area contributed by atoms with E-state index in [4.69, 9.17) is 0 Å². The van der Waals surface area contributed by atoms with Crippen LogP contribution in [0.25, 0.3) is 0 Å². The summed E-state index contributed by atoms with van der Waals surface area (Å²) < 4.78 is 9.11. The zero-order valence-electron chi connectivity index (χ0n) is 6.46. The quantitative estimate of drug-likeness (QED) is 0.361. The van der Waals surface area contributed by atoms with Gasteiger partial charge in [0.15, 0.2) is 0 Å². The molecule has 0 heterocycles. The minimum absolute atomic E-state index is 0.225. The molecule has 0 fully saturated rings. The summed E-state index contributed by atoms with van der Waals surface area (Å²) in [5, 5.41) is 0. The van der Waals surface area contributed by atoms with Crippen molar-refractivity contribution in [3.63, 3.8) is 0 Å². The Morgan fingerprint density at radius 2 is 1.45 bits per heavy atom. The third kappa shape index (κ3) is 9.29. The van der Waals surface area contributed by atoms with Crippen molar-refractivity contribution in [3.05, 3.63) is 0 Å². The smallest absolute Gasteiger partial charge is 0.303 e. The fourth-order valence-corrected chi connectivity index (χ4v) is 0.850. The average Bonchev–Trinajstić information content (AvgIpc) is 1.85. The first-order chi connectivity index (χ1) is 5.13. The van der Waals surface area contributed by atoms with Gasteiger partial charge in [-0.25, -0.2) is 0 Å². The van der Waals surface area contributed by atoms with Crippen LogP contribution in [-0.4, -0.2) is 23.8 Å². The molecule has 0 spiro atoms. The zero-order chi connectivity index (χ0) is 8.69. The molecule has 64 valence electrons. The lowest BCUT2D eigenvalue weighted by atomic mass is 10.8. The van der Waals surface area contributed by atoms with E-state index in [1.165, 1.54) is 25.6 Å². The van der Waals surface area contributed by atoms with Crippen molar-refractivity contribution >= 4 is 23.7 Å². The van der Waals surface area contributed by atoms with Gasteiger partial charge in [-0.15, -0.1) is 0 Å². The van der Waals surface area contributed by atoms with E-state index in [1.807, 2.05) is 0 Å². The molecule has 0 aromatic carbocycles. The van der Waals surface area contributed by atoms with Gasteiger partial charge in [-0.3, -0.25) is 9.59 Å². The van der Waals surface area contributed by atoms with Gasteiger partial charge in [-0.2, -0.15) is 0 Å². The van der Waals surface area contributed by atoms with Crippen LogP contribution in [0.15, 0.2) is 0 Å². The fourth-order valence-electron chi connectivity index (χ4n) is 0.283. The van der Waals surface area contributed by atoms with Crippen LogP contribution >= 0.6 is 11.8 Å². The van der Waals surface area contributed by atoms with Crippen molar-refractivity contribution in [1.82, 2.24) is 0 Å². The lowest BCUT2D eigenvalue weighted by molar-refractivity contribution is -0.138. The van der Waals surface area contributed by atoms with Gasteiger partial charge in [0.2, 0.25) is 0 Å². The molecular weight excluding hydrogens is 168 g/mol. The van der Waals surface area contributed by atoms with Crippen LogP contribution in [0.1, 0.15) is 13.8 Å². The zero-order valence-corrected chi connectivity index (χ0v) is 7.27. The third-order valence-electron chi connectivity index (χ3n) is 0.691. The molecule has 0 aromatic rings. The van der Waals surface area contributed by atoms with Crippen molar-refractivity contribution < 1.29 is 19.1 Å². The second-order valence-electron chi connectivity index (χ2n) is 1.71. The summed E-state index contributed by atoms with van der Waals surface area (Å²) in [5.41, 5.74) is 0. The molecule has 0 aromatic heterocycles. The Balaban J connectivity index is 3.03. The molecule has 0 aliphatic heterocycles. The van der Waals surface area contributed by atoms with Gasteiger partial charge < -0.3 is 9.47 Å². The Hall–Kier alpha value is -0.710. The van der Waals surface area contributed by atoms with E-state index >= 15 is 0 Å². The van der Waals surface area contributed by atoms with Gasteiger partial charge >= 0.3 is 11.9 Å². The first kappa shape index (κ1) is 10.3. The van der Waals surface area contributed by atoms with Gasteiger partial charge in [0, 0.05) is 13.8 Å². The Bertz CT molecular complexity index is 130. The molecule has 0 atom stereocenters. The molecule has 4 nitrogen and oxygen atoms in total. The lowest BCUT2D eigenvalue weighted by Gasteiger charge is -2.01. The van der Waals surface area contributed by atoms with E-state index in [-0.39, 0.29) is 23.8 Å². The predicted octanol–water partition coefficient (Wildman–Crippen LogP) is 0.761. The lowest BCUT2D eigenvalue weighted by Crippen LogP contribution is -2.01. The topological polar surface area (TPSA) is 52.6 Å². The highest BCUT2D eigenvalue weighted by Gasteiger charge is 1.94. The number of carbonyl (C=O) groups is 2. The molecule has 0 aliphatic carbocycles. The summed E-state index contributed by atoms with van der Waals surface area (Å²) in [6.45, 7) is 2.65. The number of thioether (sulfide) groups is 1. The van der Waals surface area contributed by atoms with Crippen LogP contribution in [0.3, 0.4) is 0 Å². The van der Waals surface area contributed by atoms with E-state index in [0.717, 1.165) is 0 Å². The minimum Gasteiger partial charge on any atom is -0.455 e. The van der Waals surface area contributed by atoms with Crippen LogP contribution in [-0.2, 0) is 19.1 Å². The molecule has 0 rings (SSSR count). The maximum absolute atomic E-state index is 10.2. The van der Waals surface area contributed by atoms with E-state index in [9.17, 15) is 9.59 Å². The highest BCUT2D eigenvalue weighted by atomic mass is 32.2. The fraction of sp³-hybridized carbons (Fsp3) is 0.667. The summed E-state index contributed by atoms with van der Waals surface area (Å²) in [6.07, 6.45) is 0. The number of ether oxygens (including phenoxy) is 2. The Labute approximate surface area is 69.2 Å². The third-order valence-corrected chi connectivity index (χ3v) is 1.26. The maximum Gasteiger partial charge on any atom is 0.303 e. The molecule has 0 saturated heterocycles. The van der Waals surface area contributed by atoms with Crippen LogP contribution in [0, 0.1) is 0 Å². The molecule has 11 heavy (non-hydrogen) atoms. The summed E-state index contributed by atoms with van der Waals surface area (Å²) >= 11 is 1.22. The first-order valence-corrected chi connectivity index (χ1v) is 4.13. The van der Waals surface area contributed by atoms with Crippen LogP contribution in [0.2, 0.25) is 0 Å². The molecule has 0 bridgehead atoms. The number of carbonyl (C=O) groups excluding carboxylic acids is 2. The number of esters is 2. The van der Waals surface area contributed by atoms with Crippen LogP contribution in [0.4, 0.5) is 0 Å². The highest BCUT2D eigenvalue weighted by molar-refractivity contribution is 7.99. The Morgan fingerprint density at radius 3 is 1.73 bits per heavy atom. The van der Waals surface area contributed by atoms with Gasteiger partial charge in [-0.1, -0.05) is 11.8 Å². The minimum atomic E-state index is -0.333. The Kier molecular flexibility index (Phi) is 5.64. The summed E-state index contributed by atoms with van der Waals surface area (Å²) in [7, 11) is 0.